The first-order valence-electron chi connectivity index (χ1n) is 5.27. The molecule has 2 N–H and O–H groups in total. The van der Waals surface area contributed by atoms with E-state index in [1.807, 2.05) is 0 Å². The third kappa shape index (κ3) is 3.35. The minimum absolute atomic E-state index is 0.256. The minimum atomic E-state index is -0.286. The molecule has 1 aromatic heterocycles. The van der Waals surface area contributed by atoms with Crippen LogP contribution in [-0.4, -0.2) is 28.2 Å². The summed E-state index contributed by atoms with van der Waals surface area (Å²) in [4.78, 5) is 16.0. The molecule has 6 nitrogen and oxygen atoms in total. The van der Waals surface area contributed by atoms with Crippen LogP contribution < -0.4 is 10.1 Å². The van der Waals surface area contributed by atoms with Crippen molar-refractivity contribution in [2.75, 3.05) is 7.11 Å². The zero-order valence-electron chi connectivity index (χ0n) is 9.91. The molecular weight excluding hydrogens is 383 g/mol. The highest BCUT2D eigenvalue weighted by atomic mass is 127. The van der Waals surface area contributed by atoms with E-state index in [-0.39, 0.29) is 12.5 Å². The number of amides is 1. The maximum Gasteiger partial charge on any atom is 0.255 e. The molecule has 2 rings (SSSR count). The highest BCUT2D eigenvalue weighted by Crippen LogP contribution is 2.28. The maximum atomic E-state index is 12.1. The lowest BCUT2D eigenvalue weighted by Crippen LogP contribution is -2.24. The molecule has 0 atom stereocenters. The number of benzene rings is 1. The SMILES string of the molecule is COc1cc(I)c(Cl)cc1C(=O)NCc1ncn[nH]1. The maximum absolute atomic E-state index is 12.1. The number of aromatic amines is 1. The standard InChI is InChI=1S/C11H10ClIN4O2/c1-19-9-3-8(13)7(12)2-6(9)11(18)14-4-10-15-5-16-17-10/h2-3,5H,4H2,1H3,(H,14,18)(H,15,16,17). The molecule has 0 bridgehead atoms. The van der Waals surface area contributed by atoms with E-state index in [2.05, 4.69) is 43.1 Å². The van der Waals surface area contributed by atoms with Crippen LogP contribution in [-0.2, 0) is 6.54 Å². The van der Waals surface area contributed by atoms with E-state index in [0.29, 0.717) is 22.2 Å². The highest BCUT2D eigenvalue weighted by molar-refractivity contribution is 14.1. The topological polar surface area (TPSA) is 79.9 Å². The van der Waals surface area contributed by atoms with Gasteiger partial charge in [0.25, 0.3) is 5.91 Å². The molecular formula is C11H10ClIN4O2. The summed E-state index contributed by atoms with van der Waals surface area (Å²) in [6.45, 7) is 0.256. The molecule has 8 heteroatoms. The van der Waals surface area contributed by atoms with Gasteiger partial charge < -0.3 is 10.1 Å². The summed E-state index contributed by atoms with van der Waals surface area (Å²) in [5, 5.41) is 9.57. The van der Waals surface area contributed by atoms with Crippen molar-refractivity contribution < 1.29 is 9.53 Å². The van der Waals surface area contributed by atoms with E-state index >= 15 is 0 Å². The van der Waals surface area contributed by atoms with Crippen molar-refractivity contribution in [3.05, 3.63) is 38.4 Å². The van der Waals surface area contributed by atoms with Crippen molar-refractivity contribution in [2.24, 2.45) is 0 Å². The Morgan fingerprint density at radius 2 is 2.37 bits per heavy atom. The molecule has 0 unspecified atom stereocenters. The number of hydrogen-bond donors (Lipinski definition) is 2. The van der Waals surface area contributed by atoms with Crippen LogP contribution in [0, 0.1) is 3.57 Å². The Balaban J connectivity index is 2.16. The molecule has 0 spiro atoms. The Hall–Kier alpha value is -1.35. The van der Waals surface area contributed by atoms with Crippen LogP contribution in [0.15, 0.2) is 18.5 Å². The molecule has 1 heterocycles. The van der Waals surface area contributed by atoms with Crippen molar-refractivity contribution in [1.29, 1.82) is 0 Å². The molecule has 0 saturated carbocycles. The monoisotopic (exact) mass is 392 g/mol. The van der Waals surface area contributed by atoms with Crippen LogP contribution in [0.25, 0.3) is 0 Å². The number of methoxy groups -OCH3 is 1. The predicted molar refractivity (Wildman–Crippen MR) is 78.3 cm³/mol. The second-order valence-corrected chi connectivity index (χ2v) is 5.15. The third-order valence-corrected chi connectivity index (χ3v) is 3.89. The van der Waals surface area contributed by atoms with Gasteiger partial charge in [-0.2, -0.15) is 5.10 Å². The van der Waals surface area contributed by atoms with E-state index in [0.717, 1.165) is 3.57 Å². The molecule has 1 amide bonds. The smallest absolute Gasteiger partial charge is 0.255 e. The normalized spacial score (nSPS) is 10.3. The first-order valence-corrected chi connectivity index (χ1v) is 6.73. The average Bonchev–Trinajstić information content (AvgIpc) is 2.91. The quantitative estimate of drug-likeness (QED) is 0.780. The number of nitrogens with zero attached hydrogens (tertiary/aromatic N) is 2. The van der Waals surface area contributed by atoms with Gasteiger partial charge in [0.2, 0.25) is 0 Å². The second-order valence-electron chi connectivity index (χ2n) is 3.58. The largest absolute Gasteiger partial charge is 0.496 e. The Kier molecular flexibility index (Phi) is 4.59. The van der Waals surface area contributed by atoms with Crippen molar-refractivity contribution in [1.82, 2.24) is 20.5 Å². The van der Waals surface area contributed by atoms with E-state index in [1.54, 1.807) is 12.1 Å². The van der Waals surface area contributed by atoms with Gasteiger partial charge >= 0.3 is 0 Å². The van der Waals surface area contributed by atoms with Gasteiger partial charge in [-0.1, -0.05) is 11.6 Å². The Morgan fingerprint density at radius 1 is 1.58 bits per heavy atom. The van der Waals surface area contributed by atoms with Crippen LogP contribution in [0.3, 0.4) is 0 Å². The number of hydrogen-bond acceptors (Lipinski definition) is 4. The molecule has 0 saturated heterocycles. The lowest BCUT2D eigenvalue weighted by atomic mass is 10.2. The van der Waals surface area contributed by atoms with Crippen molar-refractivity contribution in [3.8, 4) is 5.75 Å². The summed E-state index contributed by atoms with van der Waals surface area (Å²) in [5.74, 6) is 0.763. The molecule has 0 fully saturated rings. The van der Waals surface area contributed by atoms with Gasteiger partial charge in [0.15, 0.2) is 0 Å². The van der Waals surface area contributed by atoms with Crippen LogP contribution in [0.1, 0.15) is 16.2 Å². The second kappa shape index (κ2) is 6.20. The Bertz CT molecular complexity index is 589. The summed E-state index contributed by atoms with van der Waals surface area (Å²) < 4.78 is 6.00. The number of rotatable bonds is 4. The lowest BCUT2D eigenvalue weighted by molar-refractivity contribution is 0.0947. The fraction of sp³-hybridized carbons (Fsp3) is 0.182. The Labute approximate surface area is 128 Å². The number of aromatic nitrogens is 3. The average molecular weight is 393 g/mol. The predicted octanol–water partition coefficient (Wildman–Crippen LogP) is 2.00. The van der Waals surface area contributed by atoms with Gasteiger partial charge in [0.1, 0.15) is 17.9 Å². The van der Waals surface area contributed by atoms with E-state index in [4.69, 9.17) is 16.3 Å². The van der Waals surface area contributed by atoms with Gasteiger partial charge in [-0.25, -0.2) is 4.98 Å². The number of carbonyl (C=O) groups is 1. The van der Waals surface area contributed by atoms with E-state index in [1.165, 1.54) is 13.4 Å². The zero-order chi connectivity index (χ0) is 13.8. The number of nitrogens with one attached hydrogen (secondary N) is 2. The van der Waals surface area contributed by atoms with Crippen molar-refractivity contribution in [3.63, 3.8) is 0 Å². The minimum Gasteiger partial charge on any atom is -0.496 e. The van der Waals surface area contributed by atoms with Crippen LogP contribution in [0.2, 0.25) is 5.02 Å². The van der Waals surface area contributed by atoms with Crippen LogP contribution in [0.5, 0.6) is 5.75 Å². The van der Waals surface area contributed by atoms with E-state index < -0.39 is 0 Å². The molecule has 100 valence electrons. The lowest BCUT2D eigenvalue weighted by Gasteiger charge is -2.10. The van der Waals surface area contributed by atoms with Gasteiger partial charge in [0, 0.05) is 3.57 Å². The molecule has 0 aliphatic rings. The molecule has 0 aliphatic carbocycles. The molecule has 19 heavy (non-hydrogen) atoms. The van der Waals surface area contributed by atoms with Crippen molar-refractivity contribution >= 4 is 40.1 Å². The zero-order valence-corrected chi connectivity index (χ0v) is 12.8. The fourth-order valence-corrected chi connectivity index (χ4v) is 2.05. The third-order valence-electron chi connectivity index (χ3n) is 2.37. The highest BCUT2D eigenvalue weighted by Gasteiger charge is 2.15. The summed E-state index contributed by atoms with van der Waals surface area (Å²) >= 11 is 8.09. The molecule has 2 aromatic rings. The molecule has 0 radical (unpaired) electrons. The Morgan fingerprint density at radius 3 is 3.00 bits per heavy atom. The molecule has 1 aromatic carbocycles. The number of ether oxygens (including phenoxy) is 1. The van der Waals surface area contributed by atoms with Gasteiger partial charge in [-0.15, -0.1) is 0 Å². The van der Waals surface area contributed by atoms with E-state index in [9.17, 15) is 4.79 Å². The summed E-state index contributed by atoms with van der Waals surface area (Å²) in [5.41, 5.74) is 0.382. The van der Waals surface area contributed by atoms with Crippen LogP contribution >= 0.6 is 34.2 Å². The summed E-state index contributed by atoms with van der Waals surface area (Å²) in [6.07, 6.45) is 1.38. The first-order chi connectivity index (χ1) is 9.11. The first kappa shape index (κ1) is 14.1. The number of carbonyl (C=O) groups excluding carboxylic acids is 1. The van der Waals surface area contributed by atoms with Crippen molar-refractivity contribution in [2.45, 2.75) is 6.54 Å². The van der Waals surface area contributed by atoms with Gasteiger partial charge in [0.05, 0.1) is 24.2 Å². The van der Waals surface area contributed by atoms with Crippen LogP contribution in [0.4, 0.5) is 0 Å². The molecule has 0 aliphatic heterocycles. The fourth-order valence-electron chi connectivity index (χ4n) is 1.45. The summed E-state index contributed by atoms with van der Waals surface area (Å²) in [6, 6.07) is 3.30. The van der Waals surface area contributed by atoms with Gasteiger partial charge in [-0.05, 0) is 34.7 Å². The number of halogens is 2. The number of H-pyrrole nitrogens is 1. The summed E-state index contributed by atoms with van der Waals surface area (Å²) in [7, 11) is 1.51. The van der Waals surface area contributed by atoms with Gasteiger partial charge in [-0.3, -0.25) is 9.89 Å².